The lowest BCUT2D eigenvalue weighted by molar-refractivity contribution is 0.104. The summed E-state index contributed by atoms with van der Waals surface area (Å²) in [5.41, 5.74) is 2.47. The van der Waals surface area contributed by atoms with Crippen LogP contribution in [0, 0.1) is 0 Å². The van der Waals surface area contributed by atoms with Crippen LogP contribution in [0.3, 0.4) is 0 Å². The molecule has 0 fully saturated rings. The molecule has 2 rings (SSSR count). The number of benzene rings is 2. The van der Waals surface area contributed by atoms with Crippen molar-refractivity contribution < 1.29 is 19.0 Å². The van der Waals surface area contributed by atoms with Crippen molar-refractivity contribution >= 4 is 11.9 Å². The molecule has 0 aliphatic carbocycles. The highest BCUT2D eigenvalue weighted by Crippen LogP contribution is 2.31. The minimum absolute atomic E-state index is 0.0765. The van der Waals surface area contributed by atoms with Gasteiger partial charge in [-0.05, 0) is 69.2 Å². The lowest BCUT2D eigenvalue weighted by Gasteiger charge is -2.15. The van der Waals surface area contributed by atoms with Gasteiger partial charge < -0.3 is 14.2 Å². The van der Waals surface area contributed by atoms with E-state index in [0.29, 0.717) is 37.6 Å². The minimum atomic E-state index is -0.0765. The van der Waals surface area contributed by atoms with Gasteiger partial charge in [0, 0.05) is 17.2 Å². The van der Waals surface area contributed by atoms with Gasteiger partial charge in [0.25, 0.3) is 0 Å². The predicted molar refractivity (Wildman–Crippen MR) is 114 cm³/mol. The molecule has 0 amide bonds. The molecule has 0 N–H and O–H groups in total. The second-order valence-corrected chi connectivity index (χ2v) is 6.00. The van der Waals surface area contributed by atoms with Crippen LogP contribution in [0.5, 0.6) is 17.2 Å². The van der Waals surface area contributed by atoms with Crippen LogP contribution in [-0.2, 0) is 6.42 Å². The van der Waals surface area contributed by atoms with E-state index in [1.807, 2.05) is 45.1 Å². The monoisotopic (exact) mass is 380 g/mol. The quantitative estimate of drug-likeness (QED) is 0.293. The van der Waals surface area contributed by atoms with Gasteiger partial charge in [-0.3, -0.25) is 4.79 Å². The molecule has 0 bridgehead atoms. The molecule has 0 atom stereocenters. The summed E-state index contributed by atoms with van der Waals surface area (Å²) in [7, 11) is 0. The molecule has 4 heteroatoms. The first kappa shape index (κ1) is 21.3. The fraction of sp³-hybridized carbons (Fsp3) is 0.292. The van der Waals surface area contributed by atoms with Gasteiger partial charge >= 0.3 is 0 Å². The lowest BCUT2D eigenvalue weighted by atomic mass is 10.0. The Bertz CT molecular complexity index is 819. The average Bonchev–Trinajstić information content (AvgIpc) is 2.69. The Morgan fingerprint density at radius 2 is 1.57 bits per heavy atom. The van der Waals surface area contributed by atoms with E-state index in [2.05, 4.69) is 6.58 Å². The number of allylic oxidation sites excluding steroid dienone is 2. The summed E-state index contributed by atoms with van der Waals surface area (Å²) in [6, 6.07) is 11.0. The van der Waals surface area contributed by atoms with Crippen LogP contribution in [0.15, 0.2) is 55.1 Å². The van der Waals surface area contributed by atoms with E-state index in [0.717, 1.165) is 22.6 Å². The summed E-state index contributed by atoms with van der Waals surface area (Å²) in [6.45, 7) is 11.3. The zero-order valence-electron chi connectivity index (χ0n) is 16.9. The van der Waals surface area contributed by atoms with Crippen LogP contribution in [0.2, 0.25) is 0 Å². The van der Waals surface area contributed by atoms with E-state index in [-0.39, 0.29) is 5.78 Å². The van der Waals surface area contributed by atoms with Gasteiger partial charge in [0.2, 0.25) is 0 Å². The molecule has 4 nitrogen and oxygen atoms in total. The van der Waals surface area contributed by atoms with E-state index < -0.39 is 0 Å². The lowest BCUT2D eigenvalue weighted by Crippen LogP contribution is -2.01. The van der Waals surface area contributed by atoms with Crippen LogP contribution >= 0.6 is 0 Å². The average molecular weight is 380 g/mol. The Morgan fingerprint density at radius 1 is 0.929 bits per heavy atom. The van der Waals surface area contributed by atoms with E-state index in [1.165, 1.54) is 0 Å². The Labute approximate surface area is 167 Å². The van der Waals surface area contributed by atoms with Crippen molar-refractivity contribution in [3.05, 3.63) is 71.8 Å². The van der Waals surface area contributed by atoms with Gasteiger partial charge in [0.05, 0.1) is 19.8 Å². The highest BCUT2D eigenvalue weighted by molar-refractivity contribution is 6.07. The first-order valence-corrected chi connectivity index (χ1v) is 9.61. The molecule has 0 saturated heterocycles. The standard InChI is InChI=1S/C24H28O4/c1-5-9-22-19(16-21(27-7-3)17-24(22)28-8-4)12-15-23(25)18-10-13-20(14-11-18)26-6-2/h5,10-17H,1,6-9H2,2-4H3. The Balaban J connectivity index is 2.33. The van der Waals surface area contributed by atoms with Crippen molar-refractivity contribution in [2.45, 2.75) is 27.2 Å². The second kappa shape index (κ2) is 11.0. The van der Waals surface area contributed by atoms with Gasteiger partial charge in [0.1, 0.15) is 17.2 Å². The summed E-state index contributed by atoms with van der Waals surface area (Å²) in [5, 5.41) is 0. The number of ether oxygens (including phenoxy) is 3. The molecule has 0 radical (unpaired) electrons. The molecule has 0 saturated carbocycles. The van der Waals surface area contributed by atoms with Crippen LogP contribution in [0.1, 0.15) is 42.3 Å². The van der Waals surface area contributed by atoms with Gasteiger partial charge in [-0.15, -0.1) is 6.58 Å². The number of hydrogen-bond donors (Lipinski definition) is 0. The topological polar surface area (TPSA) is 44.8 Å². The zero-order valence-corrected chi connectivity index (χ0v) is 16.9. The molecule has 28 heavy (non-hydrogen) atoms. The number of hydrogen-bond acceptors (Lipinski definition) is 4. The largest absolute Gasteiger partial charge is 0.494 e. The first-order valence-electron chi connectivity index (χ1n) is 9.61. The summed E-state index contributed by atoms with van der Waals surface area (Å²) in [6.07, 6.45) is 5.84. The predicted octanol–water partition coefficient (Wildman–Crippen LogP) is 5.51. The second-order valence-electron chi connectivity index (χ2n) is 6.00. The number of ketones is 1. The molecule has 148 valence electrons. The van der Waals surface area contributed by atoms with E-state index >= 15 is 0 Å². The van der Waals surface area contributed by atoms with E-state index in [4.69, 9.17) is 14.2 Å². The maximum atomic E-state index is 12.6. The molecule has 0 aliphatic heterocycles. The van der Waals surface area contributed by atoms with E-state index in [1.54, 1.807) is 30.3 Å². The van der Waals surface area contributed by atoms with Crippen molar-refractivity contribution in [3.8, 4) is 17.2 Å². The smallest absolute Gasteiger partial charge is 0.185 e. The summed E-state index contributed by atoms with van der Waals surface area (Å²) < 4.78 is 16.9. The SMILES string of the molecule is C=CCc1c(C=CC(=O)c2ccc(OCC)cc2)cc(OCC)cc1OCC. The summed E-state index contributed by atoms with van der Waals surface area (Å²) in [4.78, 5) is 12.6. The fourth-order valence-corrected chi connectivity index (χ4v) is 2.83. The van der Waals surface area contributed by atoms with Crippen LogP contribution in [0.25, 0.3) is 6.08 Å². The molecule has 2 aromatic rings. The van der Waals surface area contributed by atoms with Crippen LogP contribution in [0.4, 0.5) is 0 Å². The fourth-order valence-electron chi connectivity index (χ4n) is 2.83. The number of rotatable bonds is 11. The third-order valence-corrected chi connectivity index (χ3v) is 4.04. The summed E-state index contributed by atoms with van der Waals surface area (Å²) in [5.74, 6) is 2.14. The van der Waals surface area contributed by atoms with Gasteiger partial charge in [-0.25, -0.2) is 0 Å². The van der Waals surface area contributed by atoms with Crippen molar-refractivity contribution in [2.24, 2.45) is 0 Å². The van der Waals surface area contributed by atoms with Crippen LogP contribution < -0.4 is 14.2 Å². The number of carbonyl (C=O) groups excluding carboxylic acids is 1. The first-order chi connectivity index (χ1) is 13.6. The number of carbonyl (C=O) groups is 1. The zero-order chi connectivity index (χ0) is 20.4. The minimum Gasteiger partial charge on any atom is -0.494 e. The molecule has 0 aliphatic rings. The molecular formula is C24H28O4. The maximum Gasteiger partial charge on any atom is 0.185 e. The molecular weight excluding hydrogens is 352 g/mol. The summed E-state index contributed by atoms with van der Waals surface area (Å²) >= 11 is 0. The van der Waals surface area contributed by atoms with Crippen molar-refractivity contribution in [1.82, 2.24) is 0 Å². The van der Waals surface area contributed by atoms with Crippen molar-refractivity contribution in [1.29, 1.82) is 0 Å². The molecule has 0 aromatic heterocycles. The van der Waals surface area contributed by atoms with Crippen LogP contribution in [-0.4, -0.2) is 25.6 Å². The Hall–Kier alpha value is -3.01. The third kappa shape index (κ3) is 5.74. The third-order valence-electron chi connectivity index (χ3n) is 4.04. The van der Waals surface area contributed by atoms with Crippen molar-refractivity contribution in [3.63, 3.8) is 0 Å². The van der Waals surface area contributed by atoms with Gasteiger partial charge in [-0.1, -0.05) is 12.2 Å². The normalized spacial score (nSPS) is 10.7. The molecule has 0 unspecified atom stereocenters. The Morgan fingerprint density at radius 3 is 2.18 bits per heavy atom. The molecule has 2 aromatic carbocycles. The molecule has 0 spiro atoms. The van der Waals surface area contributed by atoms with Crippen molar-refractivity contribution in [2.75, 3.05) is 19.8 Å². The highest BCUT2D eigenvalue weighted by atomic mass is 16.5. The highest BCUT2D eigenvalue weighted by Gasteiger charge is 2.11. The van der Waals surface area contributed by atoms with Gasteiger partial charge in [-0.2, -0.15) is 0 Å². The van der Waals surface area contributed by atoms with E-state index in [9.17, 15) is 4.79 Å². The van der Waals surface area contributed by atoms with Gasteiger partial charge in [0.15, 0.2) is 5.78 Å². The maximum absolute atomic E-state index is 12.6. The Kier molecular flexibility index (Phi) is 8.35. The molecule has 0 heterocycles.